The van der Waals surface area contributed by atoms with E-state index in [1.165, 1.54) is 11.3 Å². The number of piperazine rings is 1. The van der Waals surface area contributed by atoms with Gasteiger partial charge in [0, 0.05) is 37.6 Å². The first-order chi connectivity index (χ1) is 12.1. The second kappa shape index (κ2) is 9.69. The fourth-order valence-electron chi connectivity index (χ4n) is 2.77. The van der Waals surface area contributed by atoms with Gasteiger partial charge in [0.05, 0.1) is 25.3 Å². The number of ether oxygens (including phenoxy) is 1. The summed E-state index contributed by atoms with van der Waals surface area (Å²) in [4.78, 5) is 32.0. The molecule has 0 bridgehead atoms. The van der Waals surface area contributed by atoms with Gasteiger partial charge in [-0.05, 0) is 13.3 Å². The number of esters is 1. The number of aromatic nitrogens is 1. The van der Waals surface area contributed by atoms with E-state index in [0.717, 1.165) is 19.5 Å². The first-order valence-electron chi connectivity index (χ1n) is 8.58. The van der Waals surface area contributed by atoms with Gasteiger partial charge < -0.3 is 14.7 Å². The minimum absolute atomic E-state index is 0.110. The molecular weight excluding hydrogens is 344 g/mol. The number of nitrogens with one attached hydrogen (secondary N) is 1. The fourth-order valence-corrected chi connectivity index (χ4v) is 3.47. The van der Waals surface area contributed by atoms with Crippen molar-refractivity contribution in [2.24, 2.45) is 0 Å². The third kappa shape index (κ3) is 5.65. The molecule has 9 heteroatoms. The lowest BCUT2D eigenvalue weighted by Crippen LogP contribution is -2.53. The number of hydrogen-bond donors (Lipinski definition) is 2. The van der Waals surface area contributed by atoms with Crippen molar-refractivity contribution < 1.29 is 19.4 Å². The molecule has 0 unspecified atom stereocenters. The summed E-state index contributed by atoms with van der Waals surface area (Å²) in [5, 5.41) is 14.4. The standard InChI is InChI=1S/C16H26N4O4S/c1-3-13(10-21)19-5-7-20(8-6-19)16(23)18-15-17-12(11-25-15)9-14(22)24-4-2/h11,13,21H,3-10H2,1-2H3,(H,17,18,23)/t13-/m1/s1. The summed E-state index contributed by atoms with van der Waals surface area (Å²) in [5.74, 6) is -0.323. The van der Waals surface area contributed by atoms with E-state index in [-0.39, 0.29) is 31.1 Å². The van der Waals surface area contributed by atoms with Crippen LogP contribution >= 0.6 is 11.3 Å². The van der Waals surface area contributed by atoms with Gasteiger partial charge in [-0.3, -0.25) is 15.0 Å². The summed E-state index contributed by atoms with van der Waals surface area (Å²) >= 11 is 1.29. The third-order valence-electron chi connectivity index (χ3n) is 4.20. The van der Waals surface area contributed by atoms with Gasteiger partial charge in [-0.1, -0.05) is 6.92 Å². The number of aliphatic hydroxyl groups is 1. The topological polar surface area (TPSA) is 95.0 Å². The lowest BCUT2D eigenvalue weighted by Gasteiger charge is -2.38. The average molecular weight is 370 g/mol. The lowest BCUT2D eigenvalue weighted by molar-refractivity contribution is -0.142. The molecule has 2 heterocycles. The highest BCUT2D eigenvalue weighted by molar-refractivity contribution is 7.13. The number of anilines is 1. The van der Waals surface area contributed by atoms with Gasteiger partial charge in [-0.2, -0.15) is 0 Å². The predicted octanol–water partition coefficient (Wildman–Crippen LogP) is 1.17. The number of thiazole rings is 1. The van der Waals surface area contributed by atoms with Crippen LogP contribution in [0, 0.1) is 0 Å². The van der Waals surface area contributed by atoms with Crippen LogP contribution in [0.3, 0.4) is 0 Å². The molecule has 2 N–H and O–H groups in total. The molecular formula is C16H26N4O4S. The van der Waals surface area contributed by atoms with Crippen molar-refractivity contribution in [2.75, 3.05) is 44.7 Å². The van der Waals surface area contributed by atoms with E-state index in [9.17, 15) is 14.7 Å². The van der Waals surface area contributed by atoms with Crippen LogP contribution in [0.4, 0.5) is 9.93 Å². The smallest absolute Gasteiger partial charge is 0.323 e. The van der Waals surface area contributed by atoms with Gasteiger partial charge in [-0.15, -0.1) is 11.3 Å². The van der Waals surface area contributed by atoms with Crippen LogP contribution in [-0.4, -0.2) is 77.3 Å². The molecule has 1 aliphatic heterocycles. The van der Waals surface area contributed by atoms with Gasteiger partial charge in [-0.25, -0.2) is 9.78 Å². The molecule has 1 atom stereocenters. The molecule has 140 valence electrons. The van der Waals surface area contributed by atoms with E-state index >= 15 is 0 Å². The highest BCUT2D eigenvalue weighted by Gasteiger charge is 2.25. The zero-order valence-electron chi connectivity index (χ0n) is 14.7. The van der Waals surface area contributed by atoms with E-state index in [4.69, 9.17) is 4.74 Å². The minimum Gasteiger partial charge on any atom is -0.466 e. The summed E-state index contributed by atoms with van der Waals surface area (Å²) in [5.41, 5.74) is 0.595. The van der Waals surface area contributed by atoms with Crippen LogP contribution in [0.25, 0.3) is 0 Å². The van der Waals surface area contributed by atoms with E-state index < -0.39 is 0 Å². The maximum atomic E-state index is 12.3. The Hall–Kier alpha value is -1.71. The van der Waals surface area contributed by atoms with E-state index in [0.29, 0.717) is 30.5 Å². The lowest BCUT2D eigenvalue weighted by atomic mass is 10.2. The van der Waals surface area contributed by atoms with Gasteiger partial charge in [0.1, 0.15) is 0 Å². The Morgan fingerprint density at radius 2 is 2.08 bits per heavy atom. The molecule has 1 fully saturated rings. The number of carbonyl (C=O) groups is 2. The first-order valence-corrected chi connectivity index (χ1v) is 9.46. The van der Waals surface area contributed by atoms with Crippen LogP contribution in [0.5, 0.6) is 0 Å². The number of aliphatic hydroxyl groups excluding tert-OH is 1. The van der Waals surface area contributed by atoms with Gasteiger partial charge in [0.15, 0.2) is 5.13 Å². The molecule has 0 aliphatic carbocycles. The Labute approximate surface area is 151 Å². The molecule has 1 aromatic heterocycles. The molecule has 0 radical (unpaired) electrons. The van der Waals surface area contributed by atoms with Gasteiger partial charge in [0.25, 0.3) is 0 Å². The maximum Gasteiger partial charge on any atom is 0.323 e. The monoisotopic (exact) mass is 370 g/mol. The number of hydrogen-bond acceptors (Lipinski definition) is 7. The largest absolute Gasteiger partial charge is 0.466 e. The molecule has 0 spiro atoms. The molecule has 0 saturated carbocycles. The summed E-state index contributed by atoms with van der Waals surface area (Å²) in [6.45, 7) is 7.02. The van der Waals surface area contributed by atoms with Crippen LogP contribution in [0.15, 0.2) is 5.38 Å². The van der Waals surface area contributed by atoms with E-state index in [1.807, 2.05) is 0 Å². The number of urea groups is 1. The average Bonchev–Trinajstić information content (AvgIpc) is 3.03. The third-order valence-corrected chi connectivity index (χ3v) is 5.00. The predicted molar refractivity (Wildman–Crippen MR) is 95.8 cm³/mol. The highest BCUT2D eigenvalue weighted by Crippen LogP contribution is 2.17. The SMILES string of the molecule is CCOC(=O)Cc1csc(NC(=O)N2CCN([C@H](CC)CO)CC2)n1. The highest BCUT2D eigenvalue weighted by atomic mass is 32.1. The van der Waals surface area contributed by atoms with Crippen molar-refractivity contribution in [2.45, 2.75) is 32.7 Å². The zero-order valence-corrected chi connectivity index (χ0v) is 15.5. The molecule has 8 nitrogen and oxygen atoms in total. The van der Waals surface area contributed by atoms with Crippen molar-refractivity contribution in [3.05, 3.63) is 11.1 Å². The van der Waals surface area contributed by atoms with Crippen LogP contribution in [-0.2, 0) is 16.0 Å². The Balaban J connectivity index is 1.81. The molecule has 1 saturated heterocycles. The molecule has 2 rings (SSSR count). The normalized spacial score (nSPS) is 16.5. The fraction of sp³-hybridized carbons (Fsp3) is 0.688. The Bertz CT molecular complexity index is 568. The second-order valence-electron chi connectivity index (χ2n) is 5.82. The Morgan fingerprint density at radius 3 is 2.68 bits per heavy atom. The number of carbonyl (C=O) groups excluding carboxylic acids is 2. The summed E-state index contributed by atoms with van der Waals surface area (Å²) in [7, 11) is 0. The van der Waals surface area contributed by atoms with E-state index in [2.05, 4.69) is 22.1 Å². The number of nitrogens with zero attached hydrogens (tertiary/aromatic N) is 3. The Morgan fingerprint density at radius 1 is 1.36 bits per heavy atom. The van der Waals surface area contributed by atoms with Crippen LogP contribution in [0.1, 0.15) is 26.0 Å². The first kappa shape index (κ1) is 19.6. The summed E-state index contributed by atoms with van der Waals surface area (Å²) in [6, 6.07) is -0.0247. The van der Waals surface area contributed by atoms with Crippen molar-refractivity contribution in [1.82, 2.24) is 14.8 Å². The van der Waals surface area contributed by atoms with Crippen molar-refractivity contribution in [3.63, 3.8) is 0 Å². The summed E-state index contributed by atoms with van der Waals surface area (Å²) < 4.78 is 4.89. The summed E-state index contributed by atoms with van der Waals surface area (Å²) in [6.07, 6.45) is 1.00. The Kier molecular flexibility index (Phi) is 7.60. The molecule has 0 aromatic carbocycles. The van der Waals surface area contributed by atoms with Gasteiger partial charge in [0.2, 0.25) is 0 Å². The van der Waals surface area contributed by atoms with Gasteiger partial charge >= 0.3 is 12.0 Å². The minimum atomic E-state index is -0.323. The molecule has 1 aliphatic rings. The van der Waals surface area contributed by atoms with E-state index in [1.54, 1.807) is 17.2 Å². The quantitative estimate of drug-likeness (QED) is 0.700. The second-order valence-corrected chi connectivity index (χ2v) is 6.68. The number of amides is 2. The number of rotatable bonds is 7. The van der Waals surface area contributed by atoms with Crippen LogP contribution in [0.2, 0.25) is 0 Å². The van der Waals surface area contributed by atoms with Crippen molar-refractivity contribution in [1.29, 1.82) is 0 Å². The maximum absolute atomic E-state index is 12.3. The van der Waals surface area contributed by atoms with Crippen molar-refractivity contribution in [3.8, 4) is 0 Å². The molecule has 25 heavy (non-hydrogen) atoms. The molecule has 1 aromatic rings. The molecule has 2 amide bonds. The van der Waals surface area contributed by atoms with Crippen molar-refractivity contribution >= 4 is 28.5 Å². The van der Waals surface area contributed by atoms with Crippen LogP contribution < -0.4 is 5.32 Å². The zero-order chi connectivity index (χ0) is 18.2.